The Kier molecular flexibility index (Phi) is 6.17. The molecule has 1 aliphatic rings. The van der Waals surface area contributed by atoms with Crippen LogP contribution < -0.4 is 10.1 Å². The maximum absolute atomic E-state index is 12.4. The second kappa shape index (κ2) is 9.15. The zero-order chi connectivity index (χ0) is 20.1. The van der Waals surface area contributed by atoms with E-state index in [9.17, 15) is 4.79 Å². The molecule has 1 aromatic carbocycles. The number of ether oxygens (including phenoxy) is 1. The number of carbonyl (C=O) groups is 1. The molecule has 0 radical (unpaired) electrons. The predicted octanol–water partition coefficient (Wildman–Crippen LogP) is 3.91. The van der Waals surface area contributed by atoms with Gasteiger partial charge in [-0.3, -0.25) is 14.7 Å². The molecule has 0 spiro atoms. The molecule has 0 bridgehead atoms. The Morgan fingerprint density at radius 3 is 3.00 bits per heavy atom. The number of likely N-dealkylation sites (tertiary alicyclic amines) is 1. The number of anilines is 1. The highest BCUT2D eigenvalue weighted by Crippen LogP contribution is 2.31. The fraction of sp³-hybridized carbons (Fsp3) is 0.318. The predicted molar refractivity (Wildman–Crippen MR) is 114 cm³/mol. The van der Waals surface area contributed by atoms with E-state index in [1.54, 1.807) is 13.3 Å². The quantitative estimate of drug-likeness (QED) is 0.642. The minimum Gasteiger partial charge on any atom is -0.496 e. The summed E-state index contributed by atoms with van der Waals surface area (Å²) >= 11 is 1.43. The molecule has 1 amide bonds. The minimum atomic E-state index is -0.0305. The Hall–Kier alpha value is -2.77. The summed E-state index contributed by atoms with van der Waals surface area (Å²) in [5.74, 6) is 0.845. The molecule has 0 unspecified atom stereocenters. The van der Waals surface area contributed by atoms with Crippen LogP contribution in [-0.2, 0) is 11.2 Å². The number of methoxy groups -OCH3 is 1. The van der Waals surface area contributed by atoms with E-state index in [4.69, 9.17) is 9.72 Å². The van der Waals surface area contributed by atoms with Crippen molar-refractivity contribution >= 4 is 22.4 Å². The van der Waals surface area contributed by atoms with Gasteiger partial charge in [-0.1, -0.05) is 24.3 Å². The Labute approximate surface area is 174 Å². The zero-order valence-corrected chi connectivity index (χ0v) is 17.2. The molecule has 4 rings (SSSR count). The van der Waals surface area contributed by atoms with Crippen molar-refractivity contribution < 1.29 is 9.53 Å². The number of aromatic nitrogens is 2. The van der Waals surface area contributed by atoms with E-state index in [0.29, 0.717) is 11.7 Å². The van der Waals surface area contributed by atoms with Crippen molar-refractivity contribution in [3.8, 4) is 5.75 Å². The molecule has 0 saturated carbocycles. The molecule has 1 N–H and O–H groups in total. The van der Waals surface area contributed by atoms with E-state index in [1.807, 2.05) is 29.6 Å². The molecule has 29 heavy (non-hydrogen) atoms. The fourth-order valence-electron chi connectivity index (χ4n) is 3.81. The van der Waals surface area contributed by atoms with E-state index in [-0.39, 0.29) is 11.9 Å². The van der Waals surface area contributed by atoms with E-state index in [1.165, 1.54) is 11.3 Å². The lowest BCUT2D eigenvalue weighted by atomic mass is 10.1. The van der Waals surface area contributed by atoms with Gasteiger partial charge in [0.25, 0.3) is 0 Å². The summed E-state index contributed by atoms with van der Waals surface area (Å²) in [5, 5.41) is 5.36. The van der Waals surface area contributed by atoms with Gasteiger partial charge in [0.05, 0.1) is 25.4 Å². The highest BCUT2D eigenvalue weighted by atomic mass is 32.1. The summed E-state index contributed by atoms with van der Waals surface area (Å²) < 4.78 is 5.47. The average molecular weight is 409 g/mol. The molecular formula is C22H24N4O2S. The SMILES string of the molecule is COc1ccccc1Cc1cccc([C@@H]2CCCN2CC(=O)Nc2nccs2)n1. The second-order valence-electron chi connectivity index (χ2n) is 7.06. The first-order chi connectivity index (χ1) is 14.2. The molecule has 3 aromatic rings. The van der Waals surface area contributed by atoms with Gasteiger partial charge in [-0.15, -0.1) is 11.3 Å². The largest absolute Gasteiger partial charge is 0.496 e. The number of thiazole rings is 1. The summed E-state index contributed by atoms with van der Waals surface area (Å²) in [7, 11) is 1.69. The van der Waals surface area contributed by atoms with Crippen LogP contribution in [0.25, 0.3) is 0 Å². The van der Waals surface area contributed by atoms with Crippen LogP contribution >= 0.6 is 11.3 Å². The highest BCUT2D eigenvalue weighted by molar-refractivity contribution is 7.13. The van der Waals surface area contributed by atoms with E-state index < -0.39 is 0 Å². The Bertz CT molecular complexity index is 961. The minimum absolute atomic E-state index is 0.0305. The van der Waals surface area contributed by atoms with Gasteiger partial charge in [0.2, 0.25) is 5.91 Å². The number of amides is 1. The third-order valence-electron chi connectivity index (χ3n) is 5.12. The van der Waals surface area contributed by atoms with Crippen LogP contribution in [-0.4, -0.2) is 41.0 Å². The van der Waals surface area contributed by atoms with Gasteiger partial charge < -0.3 is 10.1 Å². The van der Waals surface area contributed by atoms with Crippen molar-refractivity contribution in [1.82, 2.24) is 14.9 Å². The van der Waals surface area contributed by atoms with Crippen LogP contribution in [0.1, 0.15) is 35.8 Å². The number of nitrogens with one attached hydrogen (secondary N) is 1. The van der Waals surface area contributed by atoms with Crippen molar-refractivity contribution in [3.05, 3.63) is 71.0 Å². The zero-order valence-electron chi connectivity index (χ0n) is 16.4. The first-order valence-corrected chi connectivity index (χ1v) is 10.6. The molecule has 0 aliphatic carbocycles. The molecule has 150 valence electrons. The normalized spacial score (nSPS) is 16.7. The van der Waals surface area contributed by atoms with Crippen molar-refractivity contribution in [2.24, 2.45) is 0 Å². The topological polar surface area (TPSA) is 67.3 Å². The monoisotopic (exact) mass is 408 g/mol. The fourth-order valence-corrected chi connectivity index (χ4v) is 4.35. The number of benzene rings is 1. The lowest BCUT2D eigenvalue weighted by Crippen LogP contribution is -2.33. The molecule has 1 saturated heterocycles. The van der Waals surface area contributed by atoms with Crippen molar-refractivity contribution in [1.29, 1.82) is 0 Å². The van der Waals surface area contributed by atoms with Gasteiger partial charge in [0.1, 0.15) is 5.75 Å². The number of hydrogen-bond acceptors (Lipinski definition) is 6. The third kappa shape index (κ3) is 4.81. The summed E-state index contributed by atoms with van der Waals surface area (Å²) in [6.07, 6.45) is 4.48. The van der Waals surface area contributed by atoms with Gasteiger partial charge >= 0.3 is 0 Å². The number of para-hydroxylation sites is 1. The Balaban J connectivity index is 1.46. The van der Waals surface area contributed by atoms with E-state index in [2.05, 4.69) is 33.4 Å². The lowest BCUT2D eigenvalue weighted by molar-refractivity contribution is -0.117. The van der Waals surface area contributed by atoms with E-state index in [0.717, 1.165) is 48.5 Å². The van der Waals surface area contributed by atoms with Gasteiger partial charge in [-0.2, -0.15) is 0 Å². The molecule has 1 fully saturated rings. The van der Waals surface area contributed by atoms with Gasteiger partial charge in [-0.05, 0) is 37.6 Å². The number of carbonyl (C=O) groups excluding carboxylic acids is 1. The first kappa shape index (κ1) is 19.5. The summed E-state index contributed by atoms with van der Waals surface area (Å²) in [6, 6.07) is 14.4. The summed E-state index contributed by atoms with van der Waals surface area (Å²) in [4.78, 5) is 23.6. The molecule has 6 nitrogen and oxygen atoms in total. The van der Waals surface area contributed by atoms with Crippen LogP contribution in [0.3, 0.4) is 0 Å². The molecule has 1 atom stereocenters. The number of pyridine rings is 1. The third-order valence-corrected chi connectivity index (χ3v) is 5.81. The Morgan fingerprint density at radius 1 is 1.28 bits per heavy atom. The van der Waals surface area contributed by atoms with E-state index >= 15 is 0 Å². The summed E-state index contributed by atoms with van der Waals surface area (Å²) in [5.41, 5.74) is 3.15. The van der Waals surface area contributed by atoms with Crippen molar-refractivity contribution in [2.75, 3.05) is 25.5 Å². The van der Waals surface area contributed by atoms with Crippen LogP contribution in [0.5, 0.6) is 5.75 Å². The summed E-state index contributed by atoms with van der Waals surface area (Å²) in [6.45, 7) is 1.25. The van der Waals surface area contributed by atoms with Crippen molar-refractivity contribution in [3.63, 3.8) is 0 Å². The smallest absolute Gasteiger partial charge is 0.240 e. The van der Waals surface area contributed by atoms with Crippen LogP contribution in [0.4, 0.5) is 5.13 Å². The number of hydrogen-bond donors (Lipinski definition) is 1. The molecule has 1 aliphatic heterocycles. The second-order valence-corrected chi connectivity index (χ2v) is 7.95. The van der Waals surface area contributed by atoms with Crippen molar-refractivity contribution in [2.45, 2.75) is 25.3 Å². The molecule has 3 heterocycles. The van der Waals surface area contributed by atoms with Gasteiger partial charge in [-0.25, -0.2) is 4.98 Å². The van der Waals surface area contributed by atoms with Gasteiger partial charge in [0, 0.05) is 29.3 Å². The molecule has 2 aromatic heterocycles. The van der Waals surface area contributed by atoms with Gasteiger partial charge in [0.15, 0.2) is 5.13 Å². The average Bonchev–Trinajstić information content (AvgIpc) is 3.41. The maximum Gasteiger partial charge on any atom is 0.240 e. The molecule has 7 heteroatoms. The molecular weight excluding hydrogens is 384 g/mol. The highest BCUT2D eigenvalue weighted by Gasteiger charge is 2.28. The van der Waals surface area contributed by atoms with Crippen LogP contribution in [0.2, 0.25) is 0 Å². The standard InChI is InChI=1S/C22H24N4O2S/c1-28-20-10-3-2-6-16(20)14-17-7-4-8-18(24-17)19-9-5-12-26(19)15-21(27)25-22-23-11-13-29-22/h2-4,6-8,10-11,13,19H,5,9,12,14-15H2,1H3,(H,23,25,27)/t19-/m0/s1. The van der Waals surface area contributed by atoms with Crippen LogP contribution in [0, 0.1) is 0 Å². The first-order valence-electron chi connectivity index (χ1n) is 9.74. The maximum atomic E-state index is 12.4. The number of nitrogens with zero attached hydrogens (tertiary/aromatic N) is 3. The van der Waals surface area contributed by atoms with Crippen LogP contribution in [0.15, 0.2) is 54.0 Å². The lowest BCUT2D eigenvalue weighted by Gasteiger charge is -2.23. The Morgan fingerprint density at radius 2 is 2.17 bits per heavy atom. The number of rotatable bonds is 7.